The van der Waals surface area contributed by atoms with E-state index in [1.54, 1.807) is 32.2 Å². The molecule has 26 heavy (non-hydrogen) atoms. The molecular weight excluding hydrogens is 328 g/mol. The van der Waals surface area contributed by atoms with Gasteiger partial charge in [-0.25, -0.2) is 0 Å². The number of carbonyl (C=O) groups excluding carboxylic acids is 2. The Balaban J connectivity index is 2.36. The molecule has 3 atom stereocenters. The SMILES string of the molecule is CC(C)[C@@H]1C/C=C/C[C@@H](C)Oc2ccccc2C(=O)N(C)[C@H](C)C(=O)N1. The second kappa shape index (κ2) is 8.88. The maximum atomic E-state index is 12.9. The van der Waals surface area contributed by atoms with E-state index in [0.29, 0.717) is 17.2 Å². The van der Waals surface area contributed by atoms with Crippen LogP contribution in [0.2, 0.25) is 0 Å². The summed E-state index contributed by atoms with van der Waals surface area (Å²) in [6.45, 7) is 7.91. The van der Waals surface area contributed by atoms with E-state index >= 15 is 0 Å². The first-order chi connectivity index (χ1) is 12.3. The third-order valence-electron chi connectivity index (χ3n) is 4.88. The molecule has 0 fully saturated rings. The molecule has 1 aromatic carbocycles. The summed E-state index contributed by atoms with van der Waals surface area (Å²) in [6, 6.07) is 6.66. The van der Waals surface area contributed by atoms with Gasteiger partial charge >= 0.3 is 0 Å². The van der Waals surface area contributed by atoms with Crippen LogP contribution < -0.4 is 10.1 Å². The highest BCUT2D eigenvalue weighted by atomic mass is 16.5. The lowest BCUT2D eigenvalue weighted by Crippen LogP contribution is -2.50. The fourth-order valence-electron chi connectivity index (χ4n) is 2.88. The Bertz CT molecular complexity index is 669. The molecule has 0 aromatic heterocycles. The molecule has 0 aliphatic carbocycles. The minimum atomic E-state index is -0.568. The number of nitrogens with one attached hydrogen (secondary N) is 1. The van der Waals surface area contributed by atoms with Crippen LogP contribution in [0.4, 0.5) is 0 Å². The van der Waals surface area contributed by atoms with Gasteiger partial charge in [-0.05, 0) is 38.3 Å². The lowest BCUT2D eigenvalue weighted by Gasteiger charge is -2.29. The minimum Gasteiger partial charge on any atom is -0.490 e. The van der Waals surface area contributed by atoms with Gasteiger partial charge in [-0.15, -0.1) is 0 Å². The molecule has 1 N–H and O–H groups in total. The van der Waals surface area contributed by atoms with Crippen LogP contribution in [0.1, 0.15) is 50.9 Å². The van der Waals surface area contributed by atoms with Crippen molar-refractivity contribution >= 4 is 11.8 Å². The van der Waals surface area contributed by atoms with Crippen molar-refractivity contribution in [2.75, 3.05) is 7.05 Å². The normalized spacial score (nSPS) is 26.5. The van der Waals surface area contributed by atoms with Gasteiger partial charge in [-0.1, -0.05) is 38.1 Å². The van der Waals surface area contributed by atoms with Crippen LogP contribution >= 0.6 is 0 Å². The van der Waals surface area contributed by atoms with E-state index in [0.717, 1.165) is 12.8 Å². The van der Waals surface area contributed by atoms with Gasteiger partial charge in [0.2, 0.25) is 5.91 Å². The zero-order valence-corrected chi connectivity index (χ0v) is 16.4. The number of hydrogen-bond acceptors (Lipinski definition) is 3. The van der Waals surface area contributed by atoms with Crippen LogP contribution in [0.15, 0.2) is 36.4 Å². The summed E-state index contributed by atoms with van der Waals surface area (Å²) in [5, 5.41) is 3.09. The van der Waals surface area contributed by atoms with Gasteiger partial charge in [0.1, 0.15) is 11.8 Å². The Labute approximate surface area is 156 Å². The lowest BCUT2D eigenvalue weighted by atomic mass is 9.99. The average molecular weight is 358 g/mol. The summed E-state index contributed by atoms with van der Waals surface area (Å²) >= 11 is 0. The molecule has 0 spiro atoms. The zero-order chi connectivity index (χ0) is 19.3. The van der Waals surface area contributed by atoms with E-state index in [9.17, 15) is 9.59 Å². The third kappa shape index (κ3) is 4.87. The number of amides is 2. The fraction of sp³-hybridized carbons (Fsp3) is 0.524. The molecule has 0 saturated heterocycles. The highest BCUT2D eigenvalue weighted by Gasteiger charge is 2.27. The van der Waals surface area contributed by atoms with Crippen molar-refractivity contribution in [2.45, 2.75) is 58.7 Å². The summed E-state index contributed by atoms with van der Waals surface area (Å²) in [5.41, 5.74) is 0.475. The molecule has 5 heteroatoms. The Morgan fingerprint density at radius 1 is 1.12 bits per heavy atom. The first-order valence-corrected chi connectivity index (χ1v) is 9.29. The number of hydrogen-bond donors (Lipinski definition) is 1. The average Bonchev–Trinajstić information content (AvgIpc) is 2.61. The molecular formula is C21H30N2O3. The Kier molecular flexibility index (Phi) is 6.83. The van der Waals surface area contributed by atoms with Crippen molar-refractivity contribution in [1.82, 2.24) is 10.2 Å². The van der Waals surface area contributed by atoms with E-state index in [1.807, 2.05) is 13.0 Å². The van der Waals surface area contributed by atoms with E-state index in [-0.39, 0.29) is 24.0 Å². The molecule has 1 heterocycles. The first-order valence-electron chi connectivity index (χ1n) is 9.29. The molecule has 142 valence electrons. The minimum absolute atomic E-state index is 0.0381. The molecule has 1 aliphatic rings. The van der Waals surface area contributed by atoms with E-state index in [1.165, 1.54) is 4.90 Å². The van der Waals surface area contributed by atoms with Crippen LogP contribution in [-0.4, -0.2) is 41.9 Å². The van der Waals surface area contributed by atoms with Crippen molar-refractivity contribution < 1.29 is 14.3 Å². The molecule has 1 aliphatic heterocycles. The zero-order valence-electron chi connectivity index (χ0n) is 16.4. The first kappa shape index (κ1) is 20.0. The van der Waals surface area contributed by atoms with Crippen molar-refractivity contribution in [1.29, 1.82) is 0 Å². The number of nitrogens with zero attached hydrogens (tertiary/aromatic N) is 1. The molecule has 2 rings (SSSR count). The van der Waals surface area contributed by atoms with Crippen LogP contribution in [0.5, 0.6) is 5.75 Å². The monoisotopic (exact) mass is 358 g/mol. The Morgan fingerprint density at radius 3 is 2.46 bits per heavy atom. The van der Waals surface area contributed by atoms with Gasteiger partial charge < -0.3 is 15.0 Å². The standard InChI is InChI=1S/C21H30N2O3/c1-14(2)18-12-8-6-10-15(3)26-19-13-9-7-11-17(19)21(25)23(5)16(4)20(24)22-18/h6-9,11,13-16,18H,10,12H2,1-5H3,(H,22,24)/b8-6+/t15-,16-,18+/m1/s1. The summed E-state index contributed by atoms with van der Waals surface area (Å²) < 4.78 is 6.00. The van der Waals surface area contributed by atoms with E-state index in [4.69, 9.17) is 4.74 Å². The summed E-state index contributed by atoms with van der Waals surface area (Å²) in [6.07, 6.45) is 5.64. The van der Waals surface area contributed by atoms with Crippen LogP contribution in [0, 0.1) is 5.92 Å². The van der Waals surface area contributed by atoms with Crippen molar-refractivity contribution in [3.63, 3.8) is 0 Å². The number of fused-ring (bicyclic) bond motifs is 1. The van der Waals surface area contributed by atoms with Gasteiger partial charge in [0, 0.05) is 19.5 Å². The van der Waals surface area contributed by atoms with Crippen molar-refractivity contribution in [2.24, 2.45) is 5.92 Å². The number of rotatable bonds is 1. The molecule has 0 unspecified atom stereocenters. The smallest absolute Gasteiger partial charge is 0.258 e. The van der Waals surface area contributed by atoms with Crippen LogP contribution in [0.25, 0.3) is 0 Å². The number of likely N-dealkylation sites (N-methyl/N-ethyl adjacent to an activating group) is 1. The van der Waals surface area contributed by atoms with Gasteiger partial charge in [0.15, 0.2) is 0 Å². The van der Waals surface area contributed by atoms with E-state index < -0.39 is 6.04 Å². The van der Waals surface area contributed by atoms with Crippen molar-refractivity contribution in [3.05, 3.63) is 42.0 Å². The predicted octanol–water partition coefficient (Wildman–Crippen LogP) is 3.41. The fourth-order valence-corrected chi connectivity index (χ4v) is 2.88. The molecule has 5 nitrogen and oxygen atoms in total. The van der Waals surface area contributed by atoms with Crippen LogP contribution in [0.3, 0.4) is 0 Å². The lowest BCUT2D eigenvalue weighted by molar-refractivity contribution is -0.125. The second-order valence-electron chi connectivity index (χ2n) is 7.32. The van der Waals surface area contributed by atoms with Crippen molar-refractivity contribution in [3.8, 4) is 5.75 Å². The predicted molar refractivity (Wildman–Crippen MR) is 103 cm³/mol. The second-order valence-corrected chi connectivity index (χ2v) is 7.32. The summed E-state index contributed by atoms with van der Waals surface area (Å²) in [5.74, 6) is 0.495. The van der Waals surface area contributed by atoms with Gasteiger partial charge in [0.05, 0.1) is 11.7 Å². The largest absolute Gasteiger partial charge is 0.490 e. The maximum absolute atomic E-state index is 12.9. The van der Waals surface area contributed by atoms with Gasteiger partial charge in [0.25, 0.3) is 5.91 Å². The Hall–Kier alpha value is -2.30. The molecule has 0 radical (unpaired) electrons. The molecule has 1 aromatic rings. The Morgan fingerprint density at radius 2 is 1.77 bits per heavy atom. The quantitative estimate of drug-likeness (QED) is 0.783. The number of carbonyl (C=O) groups is 2. The molecule has 0 saturated carbocycles. The van der Waals surface area contributed by atoms with E-state index in [2.05, 4.69) is 31.3 Å². The summed E-state index contributed by atoms with van der Waals surface area (Å²) in [7, 11) is 1.66. The van der Waals surface area contributed by atoms with Crippen LogP contribution in [-0.2, 0) is 4.79 Å². The maximum Gasteiger partial charge on any atom is 0.258 e. The molecule has 0 bridgehead atoms. The third-order valence-corrected chi connectivity index (χ3v) is 4.88. The van der Waals surface area contributed by atoms with Gasteiger partial charge in [-0.3, -0.25) is 9.59 Å². The number of para-hydroxylation sites is 1. The highest BCUT2D eigenvalue weighted by molar-refractivity contribution is 5.99. The highest BCUT2D eigenvalue weighted by Crippen LogP contribution is 2.23. The topological polar surface area (TPSA) is 58.6 Å². The number of benzene rings is 1. The summed E-state index contributed by atoms with van der Waals surface area (Å²) in [4.78, 5) is 27.1. The van der Waals surface area contributed by atoms with Gasteiger partial charge in [-0.2, -0.15) is 0 Å². The molecule has 2 amide bonds. The number of ether oxygens (including phenoxy) is 1.